The average molecular weight is 221 g/mol. The van der Waals surface area contributed by atoms with Crippen LogP contribution in [0.4, 0.5) is 0 Å². The van der Waals surface area contributed by atoms with Crippen molar-refractivity contribution in [2.45, 2.75) is 25.7 Å². The van der Waals surface area contributed by atoms with E-state index >= 15 is 0 Å². The fraction of sp³-hybridized carbons (Fsp3) is 0.364. The number of aliphatic carboxylic acids is 1. The second-order valence-electron chi connectivity index (χ2n) is 3.86. The molecule has 0 bridgehead atoms. The normalized spacial score (nSPS) is 14.2. The Balaban J connectivity index is 2.83. The lowest BCUT2D eigenvalue weighted by atomic mass is 9.83. The molecule has 16 heavy (non-hydrogen) atoms. The van der Waals surface area contributed by atoms with E-state index in [0.717, 1.165) is 5.56 Å². The van der Waals surface area contributed by atoms with Crippen molar-refractivity contribution >= 4 is 13.0 Å². The van der Waals surface area contributed by atoms with E-state index in [9.17, 15) is 9.82 Å². The molecule has 1 aromatic carbocycles. The van der Waals surface area contributed by atoms with Crippen LogP contribution in [0.3, 0.4) is 0 Å². The monoisotopic (exact) mass is 221 g/mol. The standard InChI is InChI=1S/C11H16BNO3/c1-8(9-6-4-3-5-7-9)10(11(14)15)13-12(2)16/h3-8,10,13,16H,1-2H3,(H,14,15)/t8-,10-/m1/s1. The summed E-state index contributed by atoms with van der Waals surface area (Å²) in [5, 5.41) is 20.9. The summed E-state index contributed by atoms with van der Waals surface area (Å²) in [6.07, 6.45) is 0. The summed E-state index contributed by atoms with van der Waals surface area (Å²) in [7, 11) is -0.840. The Hall–Kier alpha value is -1.33. The Morgan fingerprint density at radius 3 is 2.38 bits per heavy atom. The van der Waals surface area contributed by atoms with Crippen LogP contribution in [0.1, 0.15) is 18.4 Å². The van der Waals surface area contributed by atoms with Gasteiger partial charge in [-0.3, -0.25) is 4.79 Å². The Labute approximate surface area is 95.4 Å². The van der Waals surface area contributed by atoms with Gasteiger partial charge in [-0.2, -0.15) is 0 Å². The van der Waals surface area contributed by atoms with Gasteiger partial charge in [0.2, 0.25) is 0 Å². The highest BCUT2D eigenvalue weighted by Crippen LogP contribution is 2.19. The molecule has 3 N–H and O–H groups in total. The molecular formula is C11H16BNO3. The van der Waals surface area contributed by atoms with E-state index in [-0.39, 0.29) is 5.92 Å². The van der Waals surface area contributed by atoms with Gasteiger partial charge in [-0.05, 0) is 12.4 Å². The fourth-order valence-electron chi connectivity index (χ4n) is 1.64. The number of carbonyl (C=O) groups is 1. The van der Waals surface area contributed by atoms with Gasteiger partial charge in [0.15, 0.2) is 0 Å². The average Bonchev–Trinajstić information content (AvgIpc) is 2.25. The van der Waals surface area contributed by atoms with Crippen LogP contribution in [0.15, 0.2) is 30.3 Å². The summed E-state index contributed by atoms with van der Waals surface area (Å²) in [5.41, 5.74) is 0.933. The molecule has 1 rings (SSSR count). The summed E-state index contributed by atoms with van der Waals surface area (Å²) in [6, 6.07) is 8.59. The third-order valence-electron chi connectivity index (χ3n) is 2.51. The molecule has 0 saturated carbocycles. The van der Waals surface area contributed by atoms with E-state index in [0.29, 0.717) is 0 Å². The van der Waals surface area contributed by atoms with Gasteiger partial charge in [0.25, 0.3) is 0 Å². The summed E-state index contributed by atoms with van der Waals surface area (Å²) in [4.78, 5) is 11.1. The van der Waals surface area contributed by atoms with Gasteiger partial charge in [0, 0.05) is 5.92 Å². The molecule has 1 aromatic rings. The second kappa shape index (κ2) is 5.68. The predicted octanol–water partition coefficient (Wildman–Crippen LogP) is 0.943. The van der Waals surface area contributed by atoms with Crippen LogP contribution in [0.2, 0.25) is 6.82 Å². The lowest BCUT2D eigenvalue weighted by Gasteiger charge is -2.22. The van der Waals surface area contributed by atoms with E-state index in [1.54, 1.807) is 0 Å². The quantitative estimate of drug-likeness (QED) is 0.647. The number of rotatable bonds is 5. The lowest BCUT2D eigenvalue weighted by molar-refractivity contribution is -0.139. The maximum absolute atomic E-state index is 11.1. The molecule has 2 atom stereocenters. The molecule has 0 aliphatic rings. The molecule has 0 aliphatic carbocycles. The minimum absolute atomic E-state index is 0.201. The Morgan fingerprint density at radius 2 is 1.94 bits per heavy atom. The zero-order valence-corrected chi connectivity index (χ0v) is 9.42. The highest BCUT2D eigenvalue weighted by atomic mass is 16.4. The van der Waals surface area contributed by atoms with Crippen LogP contribution in [0.5, 0.6) is 0 Å². The first kappa shape index (κ1) is 12.7. The van der Waals surface area contributed by atoms with Crippen molar-refractivity contribution in [1.82, 2.24) is 5.23 Å². The number of hydrogen-bond donors (Lipinski definition) is 3. The van der Waals surface area contributed by atoms with Gasteiger partial charge in [-0.1, -0.05) is 37.3 Å². The molecule has 0 fully saturated rings. The molecule has 4 nitrogen and oxygen atoms in total. The van der Waals surface area contributed by atoms with Crippen LogP contribution < -0.4 is 5.23 Å². The molecule has 0 heterocycles. The number of hydrogen-bond acceptors (Lipinski definition) is 3. The van der Waals surface area contributed by atoms with Crippen LogP contribution in [0, 0.1) is 0 Å². The maximum Gasteiger partial charge on any atom is 0.374 e. The van der Waals surface area contributed by atoms with Crippen molar-refractivity contribution in [2.75, 3.05) is 0 Å². The largest absolute Gasteiger partial charge is 0.480 e. The number of carboxylic acids is 1. The summed E-state index contributed by atoms with van der Waals surface area (Å²) >= 11 is 0. The summed E-state index contributed by atoms with van der Waals surface area (Å²) in [5.74, 6) is -1.16. The van der Waals surface area contributed by atoms with Crippen molar-refractivity contribution in [2.24, 2.45) is 0 Å². The summed E-state index contributed by atoms with van der Waals surface area (Å²) in [6.45, 7) is 3.33. The van der Waals surface area contributed by atoms with Crippen LogP contribution in [0.25, 0.3) is 0 Å². The van der Waals surface area contributed by atoms with Gasteiger partial charge < -0.3 is 15.4 Å². The van der Waals surface area contributed by atoms with E-state index < -0.39 is 19.1 Å². The van der Waals surface area contributed by atoms with Crippen molar-refractivity contribution in [3.63, 3.8) is 0 Å². The van der Waals surface area contributed by atoms with E-state index in [4.69, 9.17) is 5.11 Å². The van der Waals surface area contributed by atoms with Crippen LogP contribution in [-0.4, -0.2) is 29.2 Å². The first-order valence-corrected chi connectivity index (χ1v) is 5.24. The molecule has 0 saturated heterocycles. The van der Waals surface area contributed by atoms with Gasteiger partial charge >= 0.3 is 13.0 Å². The maximum atomic E-state index is 11.1. The number of benzene rings is 1. The second-order valence-corrected chi connectivity index (χ2v) is 3.86. The van der Waals surface area contributed by atoms with E-state index in [2.05, 4.69) is 5.23 Å². The van der Waals surface area contributed by atoms with E-state index in [1.165, 1.54) is 6.82 Å². The molecule has 0 aromatic heterocycles. The molecule has 5 heteroatoms. The minimum Gasteiger partial charge on any atom is -0.480 e. The smallest absolute Gasteiger partial charge is 0.374 e. The Bertz CT molecular complexity index is 342. The number of carboxylic acid groups (broad SMARTS) is 1. The SMILES string of the molecule is CB(O)N[C@@H](C(=O)O)[C@H](C)c1ccccc1. The highest BCUT2D eigenvalue weighted by molar-refractivity contribution is 6.46. The zero-order chi connectivity index (χ0) is 12.1. The molecule has 0 radical (unpaired) electrons. The van der Waals surface area contributed by atoms with Crippen molar-refractivity contribution in [1.29, 1.82) is 0 Å². The van der Waals surface area contributed by atoms with Crippen LogP contribution >= 0.6 is 0 Å². The third-order valence-corrected chi connectivity index (χ3v) is 2.51. The van der Waals surface area contributed by atoms with Gasteiger partial charge in [0.1, 0.15) is 6.04 Å². The molecule has 0 spiro atoms. The molecule has 0 unspecified atom stereocenters. The summed E-state index contributed by atoms with van der Waals surface area (Å²) < 4.78 is 0. The molecule has 0 amide bonds. The van der Waals surface area contributed by atoms with E-state index in [1.807, 2.05) is 37.3 Å². The molecular weight excluding hydrogens is 205 g/mol. The lowest BCUT2D eigenvalue weighted by Crippen LogP contribution is -2.47. The van der Waals surface area contributed by atoms with Crippen molar-refractivity contribution < 1.29 is 14.9 Å². The predicted molar refractivity (Wildman–Crippen MR) is 63.3 cm³/mol. The topological polar surface area (TPSA) is 69.6 Å². The number of nitrogens with one attached hydrogen (secondary N) is 1. The van der Waals surface area contributed by atoms with Crippen molar-refractivity contribution in [3.05, 3.63) is 35.9 Å². The third kappa shape index (κ3) is 3.36. The highest BCUT2D eigenvalue weighted by Gasteiger charge is 2.27. The fourth-order valence-corrected chi connectivity index (χ4v) is 1.64. The van der Waals surface area contributed by atoms with Gasteiger partial charge in [0.05, 0.1) is 0 Å². The van der Waals surface area contributed by atoms with Gasteiger partial charge in [-0.25, -0.2) is 0 Å². The van der Waals surface area contributed by atoms with Gasteiger partial charge in [-0.15, -0.1) is 0 Å². The Morgan fingerprint density at radius 1 is 1.38 bits per heavy atom. The Kier molecular flexibility index (Phi) is 4.52. The first-order valence-electron chi connectivity index (χ1n) is 5.24. The van der Waals surface area contributed by atoms with Crippen molar-refractivity contribution in [3.8, 4) is 0 Å². The van der Waals surface area contributed by atoms with Crippen LogP contribution in [-0.2, 0) is 4.79 Å². The minimum atomic E-state index is -0.961. The zero-order valence-electron chi connectivity index (χ0n) is 9.42. The first-order chi connectivity index (χ1) is 7.52. The molecule has 0 aliphatic heterocycles. The molecule has 86 valence electrons.